The third-order valence-corrected chi connectivity index (χ3v) is 4.69. The summed E-state index contributed by atoms with van der Waals surface area (Å²) < 4.78 is 30.1. The molecule has 1 amide bonds. The minimum Gasteiger partial charge on any atom is -0.349 e. The second-order valence-corrected chi connectivity index (χ2v) is 6.19. The SMILES string of the molecule is Cc1ccc(-c2cc(F)cc3c(C)c4n(c23)CCNC4=O)cc1F. The van der Waals surface area contributed by atoms with Crippen LogP contribution in [0.5, 0.6) is 0 Å². The van der Waals surface area contributed by atoms with Crippen LogP contribution in [0.4, 0.5) is 8.78 Å². The van der Waals surface area contributed by atoms with Crippen LogP contribution in [-0.4, -0.2) is 17.0 Å². The van der Waals surface area contributed by atoms with Crippen molar-refractivity contribution in [2.75, 3.05) is 6.54 Å². The molecule has 0 radical (unpaired) electrons. The lowest BCUT2D eigenvalue weighted by Gasteiger charge is -2.18. The molecule has 2 heterocycles. The molecule has 0 saturated heterocycles. The number of benzene rings is 2. The maximum Gasteiger partial charge on any atom is 0.268 e. The zero-order chi connectivity index (χ0) is 17.0. The highest BCUT2D eigenvalue weighted by Gasteiger charge is 2.25. The number of hydrogen-bond acceptors (Lipinski definition) is 1. The van der Waals surface area contributed by atoms with Crippen LogP contribution in [0, 0.1) is 25.5 Å². The predicted molar refractivity (Wildman–Crippen MR) is 89.1 cm³/mol. The van der Waals surface area contributed by atoms with E-state index in [4.69, 9.17) is 0 Å². The van der Waals surface area contributed by atoms with Crippen molar-refractivity contribution in [1.29, 1.82) is 0 Å². The Bertz CT molecular complexity index is 1000. The Morgan fingerprint density at radius 1 is 1.12 bits per heavy atom. The third kappa shape index (κ3) is 2.04. The van der Waals surface area contributed by atoms with Crippen LogP contribution in [0.2, 0.25) is 0 Å². The molecular formula is C19H16F2N2O. The first-order valence-corrected chi connectivity index (χ1v) is 7.84. The van der Waals surface area contributed by atoms with Gasteiger partial charge in [-0.2, -0.15) is 0 Å². The first kappa shape index (κ1) is 14.9. The van der Waals surface area contributed by atoms with Gasteiger partial charge in [-0.05, 0) is 48.7 Å². The fourth-order valence-electron chi connectivity index (χ4n) is 3.48. The minimum atomic E-state index is -0.398. The molecule has 1 aromatic heterocycles. The smallest absolute Gasteiger partial charge is 0.268 e. The fraction of sp³-hybridized carbons (Fsp3) is 0.211. The molecule has 24 heavy (non-hydrogen) atoms. The normalized spacial score (nSPS) is 13.9. The molecule has 0 saturated carbocycles. The number of nitrogens with zero attached hydrogens (tertiary/aromatic N) is 1. The maximum absolute atomic E-state index is 14.2. The lowest BCUT2D eigenvalue weighted by atomic mass is 10.00. The number of aryl methyl sites for hydroxylation is 2. The highest BCUT2D eigenvalue weighted by atomic mass is 19.1. The summed E-state index contributed by atoms with van der Waals surface area (Å²) in [6.45, 7) is 4.64. The van der Waals surface area contributed by atoms with Crippen molar-refractivity contribution in [1.82, 2.24) is 9.88 Å². The number of aromatic nitrogens is 1. The van der Waals surface area contributed by atoms with Gasteiger partial charge in [-0.25, -0.2) is 8.78 Å². The lowest BCUT2D eigenvalue weighted by molar-refractivity contribution is 0.0928. The van der Waals surface area contributed by atoms with Crippen molar-refractivity contribution in [3.63, 3.8) is 0 Å². The number of carbonyl (C=O) groups is 1. The number of hydrogen-bond donors (Lipinski definition) is 1. The molecule has 0 aliphatic carbocycles. The van der Waals surface area contributed by atoms with E-state index in [9.17, 15) is 13.6 Å². The molecule has 0 unspecified atom stereocenters. The van der Waals surface area contributed by atoms with E-state index in [0.717, 1.165) is 11.1 Å². The molecule has 1 N–H and O–H groups in total. The fourth-order valence-corrected chi connectivity index (χ4v) is 3.48. The molecule has 3 aromatic rings. The number of nitrogens with one attached hydrogen (secondary N) is 1. The first-order chi connectivity index (χ1) is 11.5. The van der Waals surface area contributed by atoms with Gasteiger partial charge < -0.3 is 9.88 Å². The summed E-state index contributed by atoms with van der Waals surface area (Å²) in [6.07, 6.45) is 0. The summed E-state index contributed by atoms with van der Waals surface area (Å²) in [7, 11) is 0. The van der Waals surface area contributed by atoms with Gasteiger partial charge in [0.05, 0.1) is 5.52 Å². The standard InChI is InChI=1S/C19H16F2N2O/c1-10-3-4-12(7-16(10)21)15-9-13(20)8-14-11(2)17-19(24)22-5-6-23(17)18(14)15/h3-4,7-9H,5-6H2,1-2H3,(H,22,24). The number of amides is 1. The molecule has 2 aromatic carbocycles. The largest absolute Gasteiger partial charge is 0.349 e. The minimum absolute atomic E-state index is 0.156. The van der Waals surface area contributed by atoms with Crippen molar-refractivity contribution >= 4 is 16.8 Å². The van der Waals surface area contributed by atoms with Crippen molar-refractivity contribution in [2.24, 2.45) is 0 Å². The van der Waals surface area contributed by atoms with Crippen molar-refractivity contribution in [2.45, 2.75) is 20.4 Å². The molecule has 1 aliphatic rings. The van der Waals surface area contributed by atoms with Crippen molar-refractivity contribution in [3.8, 4) is 11.1 Å². The van der Waals surface area contributed by atoms with Crippen molar-refractivity contribution < 1.29 is 13.6 Å². The maximum atomic E-state index is 14.2. The molecule has 0 bridgehead atoms. The summed E-state index contributed by atoms with van der Waals surface area (Å²) in [5.74, 6) is -0.883. The Labute approximate surface area is 137 Å². The van der Waals surface area contributed by atoms with E-state index < -0.39 is 5.82 Å². The quantitative estimate of drug-likeness (QED) is 0.722. The van der Waals surface area contributed by atoms with Gasteiger partial charge in [-0.1, -0.05) is 12.1 Å². The van der Waals surface area contributed by atoms with Crippen LogP contribution < -0.4 is 5.32 Å². The first-order valence-electron chi connectivity index (χ1n) is 7.84. The number of fused-ring (bicyclic) bond motifs is 3. The van der Waals surface area contributed by atoms with E-state index in [-0.39, 0.29) is 11.7 Å². The van der Waals surface area contributed by atoms with E-state index in [1.54, 1.807) is 19.1 Å². The van der Waals surface area contributed by atoms with Crippen LogP contribution in [0.3, 0.4) is 0 Å². The van der Waals surface area contributed by atoms with Crippen LogP contribution in [0.25, 0.3) is 22.0 Å². The van der Waals surface area contributed by atoms with Crippen LogP contribution in [0.15, 0.2) is 30.3 Å². The second kappa shape index (κ2) is 5.16. The lowest BCUT2D eigenvalue weighted by Crippen LogP contribution is -2.35. The molecule has 0 atom stereocenters. The molecule has 0 fully saturated rings. The van der Waals surface area contributed by atoms with Gasteiger partial charge in [0.15, 0.2) is 0 Å². The molecule has 4 rings (SSSR count). The van der Waals surface area contributed by atoms with Gasteiger partial charge in [0.2, 0.25) is 0 Å². The zero-order valence-corrected chi connectivity index (χ0v) is 13.4. The highest BCUT2D eigenvalue weighted by molar-refractivity contribution is 6.06. The monoisotopic (exact) mass is 326 g/mol. The van der Waals surface area contributed by atoms with Crippen molar-refractivity contribution in [3.05, 3.63) is 58.8 Å². The Hall–Kier alpha value is -2.69. The van der Waals surface area contributed by atoms with E-state index in [1.807, 2.05) is 11.5 Å². The van der Waals surface area contributed by atoms with Gasteiger partial charge in [0.1, 0.15) is 17.3 Å². The molecule has 0 spiro atoms. The summed E-state index contributed by atoms with van der Waals surface area (Å²) in [4.78, 5) is 12.2. The van der Waals surface area contributed by atoms with Crippen LogP contribution in [0.1, 0.15) is 21.6 Å². The summed E-state index contributed by atoms with van der Waals surface area (Å²) in [6, 6.07) is 7.73. The summed E-state index contributed by atoms with van der Waals surface area (Å²) >= 11 is 0. The second-order valence-electron chi connectivity index (χ2n) is 6.19. The number of halogens is 2. The van der Waals surface area contributed by atoms with E-state index in [1.165, 1.54) is 18.2 Å². The molecule has 5 heteroatoms. The van der Waals surface area contributed by atoms with Gasteiger partial charge in [-0.15, -0.1) is 0 Å². The highest BCUT2D eigenvalue weighted by Crippen LogP contribution is 2.36. The molecule has 3 nitrogen and oxygen atoms in total. The average molecular weight is 326 g/mol. The Kier molecular flexibility index (Phi) is 3.20. The van der Waals surface area contributed by atoms with E-state index in [0.29, 0.717) is 40.9 Å². The number of rotatable bonds is 1. The predicted octanol–water partition coefficient (Wildman–Crippen LogP) is 3.95. The van der Waals surface area contributed by atoms with Crippen LogP contribution >= 0.6 is 0 Å². The topological polar surface area (TPSA) is 34.0 Å². The summed E-state index contributed by atoms with van der Waals surface area (Å²) in [5, 5.41) is 3.51. The van der Waals surface area contributed by atoms with E-state index in [2.05, 4.69) is 5.32 Å². The average Bonchev–Trinajstić information content (AvgIpc) is 2.83. The summed E-state index contributed by atoms with van der Waals surface area (Å²) in [5.41, 5.74) is 3.83. The molecular weight excluding hydrogens is 310 g/mol. The molecule has 122 valence electrons. The van der Waals surface area contributed by atoms with E-state index >= 15 is 0 Å². The van der Waals surface area contributed by atoms with Crippen LogP contribution in [-0.2, 0) is 6.54 Å². The Morgan fingerprint density at radius 2 is 1.92 bits per heavy atom. The van der Waals surface area contributed by atoms with Gasteiger partial charge in [-0.3, -0.25) is 4.79 Å². The van der Waals surface area contributed by atoms with Gasteiger partial charge in [0.25, 0.3) is 5.91 Å². The number of carbonyl (C=O) groups excluding carboxylic acids is 1. The van der Waals surface area contributed by atoms with Gasteiger partial charge in [0, 0.05) is 24.0 Å². The Morgan fingerprint density at radius 3 is 2.67 bits per heavy atom. The Balaban J connectivity index is 2.10. The van der Waals surface area contributed by atoms with Gasteiger partial charge >= 0.3 is 0 Å². The molecule has 1 aliphatic heterocycles. The zero-order valence-electron chi connectivity index (χ0n) is 13.4. The third-order valence-electron chi connectivity index (χ3n) is 4.69.